The van der Waals surface area contributed by atoms with Crippen molar-refractivity contribution in [2.45, 2.75) is 18.9 Å². The fourth-order valence-electron chi connectivity index (χ4n) is 3.49. The highest BCUT2D eigenvalue weighted by Gasteiger charge is 2.29. The first-order valence-corrected chi connectivity index (χ1v) is 11.2. The normalized spacial score (nSPS) is 16.8. The van der Waals surface area contributed by atoms with Crippen LogP contribution in [-0.4, -0.2) is 30.1 Å². The van der Waals surface area contributed by atoms with E-state index in [9.17, 15) is 4.79 Å². The number of hydrogen-bond donors (Lipinski definition) is 0. The molecule has 2 aromatic heterocycles. The van der Waals surface area contributed by atoms with Gasteiger partial charge in [-0.25, -0.2) is 4.98 Å². The molecule has 2 aromatic carbocycles. The summed E-state index contributed by atoms with van der Waals surface area (Å²) in [6.45, 7) is 1.24. The number of thiazole rings is 1. The molecule has 1 fully saturated rings. The Bertz CT molecular complexity index is 1130. The zero-order chi connectivity index (χ0) is 19.1. The van der Waals surface area contributed by atoms with E-state index in [4.69, 9.17) is 21.3 Å². The van der Waals surface area contributed by atoms with Gasteiger partial charge in [-0.2, -0.15) is 0 Å². The van der Waals surface area contributed by atoms with Crippen molar-refractivity contribution in [3.63, 3.8) is 0 Å². The predicted molar refractivity (Wildman–Crippen MR) is 117 cm³/mol. The van der Waals surface area contributed by atoms with Crippen LogP contribution < -0.4 is 4.90 Å². The lowest BCUT2D eigenvalue weighted by molar-refractivity contribution is 0.0921. The Morgan fingerprint density at radius 2 is 1.93 bits per heavy atom. The zero-order valence-electron chi connectivity index (χ0n) is 14.9. The summed E-state index contributed by atoms with van der Waals surface area (Å²) in [5.41, 5.74) is 0.898. The van der Waals surface area contributed by atoms with Crippen LogP contribution in [0.4, 0.5) is 5.13 Å². The topological polar surface area (TPSA) is 42.4 Å². The van der Waals surface area contributed by atoms with Gasteiger partial charge in [-0.05, 0) is 31.0 Å². The van der Waals surface area contributed by atoms with Crippen molar-refractivity contribution in [3.05, 3.63) is 58.4 Å². The van der Waals surface area contributed by atoms with E-state index in [-0.39, 0.29) is 12.0 Å². The van der Waals surface area contributed by atoms with Gasteiger partial charge in [0, 0.05) is 16.7 Å². The third-order valence-corrected chi connectivity index (χ3v) is 7.62. The van der Waals surface area contributed by atoms with Crippen LogP contribution >= 0.6 is 34.3 Å². The Morgan fingerprint density at radius 1 is 1.14 bits per heavy atom. The van der Waals surface area contributed by atoms with Gasteiger partial charge in [0.15, 0.2) is 5.13 Å². The monoisotopic (exact) mass is 428 g/mol. The number of carbonyl (C=O) groups is 1. The average Bonchev–Trinajstić information content (AvgIpc) is 3.44. The maximum Gasteiger partial charge on any atom is 0.271 e. The van der Waals surface area contributed by atoms with Crippen molar-refractivity contribution in [2.24, 2.45) is 0 Å². The molecule has 0 spiro atoms. The SMILES string of the molecule is O=C(c1sc2ccccc2c1Cl)N(CC1CCCO1)c1nc2ccccc2s1. The zero-order valence-corrected chi connectivity index (χ0v) is 17.3. The second kappa shape index (κ2) is 7.44. The summed E-state index contributed by atoms with van der Waals surface area (Å²) < 4.78 is 7.88. The van der Waals surface area contributed by atoms with Crippen LogP contribution in [0.3, 0.4) is 0 Å². The Morgan fingerprint density at radius 3 is 2.68 bits per heavy atom. The summed E-state index contributed by atoms with van der Waals surface area (Å²) in [5, 5.41) is 2.12. The van der Waals surface area contributed by atoms with Crippen LogP contribution in [0.15, 0.2) is 48.5 Å². The van der Waals surface area contributed by atoms with E-state index >= 15 is 0 Å². The lowest BCUT2D eigenvalue weighted by Crippen LogP contribution is -2.37. The van der Waals surface area contributed by atoms with Gasteiger partial charge in [0.2, 0.25) is 0 Å². The van der Waals surface area contributed by atoms with Crippen LogP contribution in [0.2, 0.25) is 5.02 Å². The largest absolute Gasteiger partial charge is 0.376 e. The predicted octanol–water partition coefficient (Wildman–Crippen LogP) is 5.99. The van der Waals surface area contributed by atoms with Crippen molar-refractivity contribution < 1.29 is 9.53 Å². The highest BCUT2D eigenvalue weighted by atomic mass is 35.5. The van der Waals surface area contributed by atoms with Crippen molar-refractivity contribution >= 4 is 65.6 Å². The van der Waals surface area contributed by atoms with Crippen LogP contribution in [-0.2, 0) is 4.74 Å². The molecule has 0 aliphatic carbocycles. The Labute approximate surface area is 175 Å². The quantitative estimate of drug-likeness (QED) is 0.401. The summed E-state index contributed by atoms with van der Waals surface area (Å²) in [6, 6.07) is 15.8. The summed E-state index contributed by atoms with van der Waals surface area (Å²) in [4.78, 5) is 20.6. The van der Waals surface area contributed by atoms with Gasteiger partial charge in [0.05, 0.1) is 27.9 Å². The number of hydrogen-bond acceptors (Lipinski definition) is 5. The van der Waals surface area contributed by atoms with Crippen LogP contribution in [0.25, 0.3) is 20.3 Å². The van der Waals surface area contributed by atoms with Crippen molar-refractivity contribution in [2.75, 3.05) is 18.1 Å². The number of nitrogens with zero attached hydrogens (tertiary/aromatic N) is 2. The number of fused-ring (bicyclic) bond motifs is 2. The fraction of sp³-hybridized carbons (Fsp3) is 0.238. The summed E-state index contributed by atoms with van der Waals surface area (Å²) >= 11 is 9.55. The Kier molecular flexibility index (Phi) is 4.80. The van der Waals surface area contributed by atoms with Gasteiger partial charge >= 0.3 is 0 Å². The van der Waals surface area contributed by atoms with Crippen molar-refractivity contribution in [1.29, 1.82) is 0 Å². The molecule has 1 saturated heterocycles. The second-order valence-corrected chi connectivity index (χ2v) is 9.20. The molecule has 0 N–H and O–H groups in total. The van der Waals surface area contributed by atoms with Gasteiger partial charge in [-0.15, -0.1) is 11.3 Å². The second-order valence-electron chi connectivity index (χ2n) is 6.76. The maximum atomic E-state index is 13.6. The molecule has 1 atom stereocenters. The number of benzene rings is 2. The lowest BCUT2D eigenvalue weighted by Gasteiger charge is -2.22. The molecule has 4 nitrogen and oxygen atoms in total. The number of rotatable bonds is 4. The summed E-state index contributed by atoms with van der Waals surface area (Å²) in [6.07, 6.45) is 2.01. The number of amides is 1. The summed E-state index contributed by atoms with van der Waals surface area (Å²) in [7, 11) is 0. The number of anilines is 1. The lowest BCUT2D eigenvalue weighted by atomic mass is 10.2. The molecule has 1 aliphatic heterocycles. The number of para-hydroxylation sites is 1. The number of ether oxygens (including phenoxy) is 1. The van der Waals surface area contributed by atoms with Crippen molar-refractivity contribution in [3.8, 4) is 0 Å². The smallest absolute Gasteiger partial charge is 0.271 e. The van der Waals surface area contributed by atoms with E-state index in [0.717, 1.165) is 39.8 Å². The third-order valence-electron chi connectivity index (χ3n) is 4.90. The van der Waals surface area contributed by atoms with Gasteiger partial charge in [-0.1, -0.05) is 53.3 Å². The fourth-order valence-corrected chi connectivity index (χ4v) is 5.92. The van der Waals surface area contributed by atoms with Crippen LogP contribution in [0.1, 0.15) is 22.5 Å². The van der Waals surface area contributed by atoms with E-state index in [2.05, 4.69) is 0 Å². The molecule has 0 saturated carbocycles. The molecule has 0 bridgehead atoms. The van der Waals surface area contributed by atoms with Gasteiger partial charge in [-0.3, -0.25) is 9.69 Å². The van der Waals surface area contributed by atoms with Crippen LogP contribution in [0.5, 0.6) is 0 Å². The molecule has 3 heterocycles. The van der Waals surface area contributed by atoms with E-state index in [1.165, 1.54) is 22.7 Å². The minimum atomic E-state index is -0.110. The van der Waals surface area contributed by atoms with Crippen LogP contribution in [0, 0.1) is 0 Å². The number of aromatic nitrogens is 1. The molecule has 1 aliphatic rings. The highest BCUT2D eigenvalue weighted by molar-refractivity contribution is 7.23. The van der Waals surface area contributed by atoms with E-state index in [1.54, 1.807) is 4.90 Å². The molecule has 142 valence electrons. The Balaban J connectivity index is 1.57. The maximum absolute atomic E-state index is 13.6. The number of carbonyl (C=O) groups excluding carboxylic acids is 1. The molecule has 28 heavy (non-hydrogen) atoms. The average molecular weight is 429 g/mol. The number of thiophene rings is 1. The van der Waals surface area contributed by atoms with Gasteiger partial charge < -0.3 is 4.74 Å². The molecular weight excluding hydrogens is 412 g/mol. The molecule has 1 amide bonds. The van der Waals surface area contributed by atoms with Gasteiger partial charge in [0.1, 0.15) is 4.88 Å². The summed E-state index contributed by atoms with van der Waals surface area (Å²) in [5.74, 6) is -0.110. The standard InChI is InChI=1S/C21H17ClN2O2S2/c22-18-14-7-1-3-9-16(14)27-19(18)20(25)24(12-13-6-5-11-26-13)21-23-15-8-2-4-10-17(15)28-21/h1-4,7-10,13H,5-6,11-12H2. The van der Waals surface area contributed by atoms with E-state index in [1.807, 2.05) is 48.5 Å². The van der Waals surface area contributed by atoms with Gasteiger partial charge in [0.25, 0.3) is 5.91 Å². The Hall–Kier alpha value is -1.99. The first kappa shape index (κ1) is 18.1. The minimum absolute atomic E-state index is 0.0316. The molecular formula is C21H17ClN2O2S2. The third kappa shape index (κ3) is 3.20. The number of halogens is 1. The first-order valence-electron chi connectivity index (χ1n) is 9.17. The van der Waals surface area contributed by atoms with E-state index < -0.39 is 0 Å². The molecule has 0 radical (unpaired) electrons. The first-order chi connectivity index (χ1) is 13.7. The van der Waals surface area contributed by atoms with Crippen molar-refractivity contribution in [1.82, 2.24) is 4.98 Å². The molecule has 7 heteroatoms. The molecule has 5 rings (SSSR count). The molecule has 1 unspecified atom stereocenters. The highest BCUT2D eigenvalue weighted by Crippen LogP contribution is 2.38. The minimum Gasteiger partial charge on any atom is -0.376 e. The molecule has 4 aromatic rings. The van der Waals surface area contributed by atoms with E-state index in [0.29, 0.717) is 21.6 Å².